The zero-order valence-corrected chi connectivity index (χ0v) is 16.5. The number of para-hydroxylation sites is 1. The minimum absolute atomic E-state index is 0.0245. The van der Waals surface area contributed by atoms with Crippen molar-refractivity contribution in [2.75, 3.05) is 17.7 Å². The molecule has 148 valence electrons. The third-order valence-corrected chi connectivity index (χ3v) is 5.08. The van der Waals surface area contributed by atoms with Gasteiger partial charge in [0.2, 0.25) is 11.8 Å². The van der Waals surface area contributed by atoms with Crippen LogP contribution in [0.1, 0.15) is 23.6 Å². The molecule has 0 radical (unpaired) electrons. The second kappa shape index (κ2) is 7.43. The van der Waals surface area contributed by atoms with Crippen molar-refractivity contribution in [3.05, 3.63) is 59.8 Å². The first-order valence-electron chi connectivity index (χ1n) is 9.37. The van der Waals surface area contributed by atoms with Crippen LogP contribution in [0.3, 0.4) is 0 Å². The summed E-state index contributed by atoms with van der Waals surface area (Å²) < 4.78 is 7.01. The maximum absolute atomic E-state index is 13.0. The number of nitrogens with one attached hydrogen (secondary N) is 2. The van der Waals surface area contributed by atoms with E-state index in [9.17, 15) is 9.59 Å². The number of hydrogen-bond donors (Lipinski definition) is 2. The van der Waals surface area contributed by atoms with Crippen LogP contribution in [0.2, 0.25) is 0 Å². The van der Waals surface area contributed by atoms with Gasteiger partial charge in [0, 0.05) is 16.8 Å². The van der Waals surface area contributed by atoms with Gasteiger partial charge in [-0.3, -0.25) is 9.59 Å². The quantitative estimate of drug-likeness (QED) is 0.711. The van der Waals surface area contributed by atoms with Gasteiger partial charge in [-0.15, -0.1) is 0 Å². The highest BCUT2D eigenvalue weighted by molar-refractivity contribution is 6.03. The molecule has 1 atom stereocenters. The minimum atomic E-state index is -0.734. The molecule has 0 bridgehead atoms. The zero-order valence-electron chi connectivity index (χ0n) is 16.5. The zero-order chi connectivity index (χ0) is 20.5. The molecule has 1 aromatic heterocycles. The van der Waals surface area contributed by atoms with E-state index in [2.05, 4.69) is 15.7 Å². The minimum Gasteiger partial charge on any atom is -0.496 e. The summed E-state index contributed by atoms with van der Waals surface area (Å²) in [5, 5.41) is 10.2. The highest BCUT2D eigenvalue weighted by Crippen LogP contribution is 2.38. The maximum Gasteiger partial charge on any atom is 0.249 e. The molecule has 2 heterocycles. The third-order valence-electron chi connectivity index (χ3n) is 5.08. The summed E-state index contributed by atoms with van der Waals surface area (Å²) in [4.78, 5) is 25.4. The second-order valence-electron chi connectivity index (χ2n) is 7.13. The summed E-state index contributed by atoms with van der Waals surface area (Å²) in [7, 11) is 1.59. The smallest absolute Gasteiger partial charge is 0.249 e. The van der Waals surface area contributed by atoms with Crippen LogP contribution in [-0.4, -0.2) is 28.7 Å². The summed E-state index contributed by atoms with van der Waals surface area (Å²) in [6.07, 6.45) is 1.67. The van der Waals surface area contributed by atoms with Gasteiger partial charge in [0.25, 0.3) is 0 Å². The average molecular weight is 390 g/mol. The van der Waals surface area contributed by atoms with Crippen molar-refractivity contribution in [1.82, 2.24) is 9.78 Å². The number of anilines is 2. The molecule has 0 saturated heterocycles. The number of fused-ring (bicyclic) bond motifs is 1. The van der Waals surface area contributed by atoms with E-state index < -0.39 is 6.04 Å². The van der Waals surface area contributed by atoms with Gasteiger partial charge in [-0.05, 0) is 37.1 Å². The van der Waals surface area contributed by atoms with Crippen molar-refractivity contribution in [1.29, 1.82) is 0 Å². The van der Waals surface area contributed by atoms with Crippen molar-refractivity contribution < 1.29 is 14.3 Å². The van der Waals surface area contributed by atoms with Crippen LogP contribution in [0.5, 0.6) is 5.75 Å². The van der Waals surface area contributed by atoms with Gasteiger partial charge in [0.15, 0.2) is 0 Å². The van der Waals surface area contributed by atoms with Crippen molar-refractivity contribution >= 4 is 23.3 Å². The molecule has 2 aromatic carbocycles. The van der Waals surface area contributed by atoms with Crippen LogP contribution >= 0.6 is 0 Å². The van der Waals surface area contributed by atoms with Crippen LogP contribution < -0.4 is 15.4 Å². The van der Waals surface area contributed by atoms with Crippen LogP contribution in [0.15, 0.2) is 48.7 Å². The normalized spacial score (nSPS) is 15.4. The van der Waals surface area contributed by atoms with Gasteiger partial charge in [0.05, 0.1) is 19.7 Å². The van der Waals surface area contributed by atoms with E-state index in [0.29, 0.717) is 17.1 Å². The fraction of sp³-hybridized carbons (Fsp3) is 0.227. The lowest BCUT2D eigenvalue weighted by atomic mass is 10.0. The number of nitrogens with zero attached hydrogens (tertiary/aromatic N) is 2. The molecule has 0 spiro atoms. The Hall–Kier alpha value is -3.61. The van der Waals surface area contributed by atoms with Gasteiger partial charge >= 0.3 is 0 Å². The van der Waals surface area contributed by atoms with Crippen molar-refractivity contribution in [2.24, 2.45) is 0 Å². The fourth-order valence-corrected chi connectivity index (χ4v) is 3.52. The average Bonchev–Trinajstić information content (AvgIpc) is 3.13. The van der Waals surface area contributed by atoms with Crippen molar-refractivity contribution in [2.45, 2.75) is 26.3 Å². The molecule has 0 aliphatic carbocycles. The molecule has 29 heavy (non-hydrogen) atoms. The summed E-state index contributed by atoms with van der Waals surface area (Å²) in [5.41, 5.74) is 4.25. The predicted molar refractivity (Wildman–Crippen MR) is 111 cm³/mol. The first-order valence-corrected chi connectivity index (χ1v) is 9.37. The number of ether oxygens (including phenoxy) is 1. The molecule has 1 aliphatic rings. The van der Waals surface area contributed by atoms with Crippen LogP contribution in [0.25, 0.3) is 11.1 Å². The molecular weight excluding hydrogens is 368 g/mol. The number of carbonyl (C=O) groups excluding carboxylic acids is 2. The standard InChI is InChI=1S/C22H22N4O3/c1-13-8-9-14(2)17(10-13)24-22(28)18-11-20(27)25-21-16(12-23-26(18)21)15-6-4-5-7-19(15)29-3/h4-10,12,18H,11H2,1-3H3,(H,24,28)(H,25,27)/t18-/m0/s1. The molecule has 0 fully saturated rings. The van der Waals surface area contributed by atoms with E-state index in [4.69, 9.17) is 4.74 Å². The van der Waals surface area contributed by atoms with Gasteiger partial charge in [-0.25, -0.2) is 4.68 Å². The van der Waals surface area contributed by atoms with Gasteiger partial charge in [0.1, 0.15) is 17.6 Å². The summed E-state index contributed by atoms with van der Waals surface area (Å²) in [6, 6.07) is 12.6. The molecule has 0 unspecified atom stereocenters. The number of rotatable bonds is 4. The Bertz CT molecular complexity index is 1100. The molecule has 3 aromatic rings. The maximum atomic E-state index is 13.0. The highest BCUT2D eigenvalue weighted by Gasteiger charge is 2.33. The van der Waals surface area contributed by atoms with Crippen LogP contribution in [-0.2, 0) is 9.59 Å². The van der Waals surface area contributed by atoms with Gasteiger partial charge in [-0.1, -0.05) is 30.3 Å². The Balaban J connectivity index is 1.70. The lowest BCUT2D eigenvalue weighted by molar-refractivity contribution is -0.125. The number of benzene rings is 2. The molecule has 1 aliphatic heterocycles. The number of aryl methyl sites for hydroxylation is 2. The molecule has 4 rings (SSSR count). The molecule has 7 heteroatoms. The molecule has 7 nitrogen and oxygen atoms in total. The van der Waals surface area contributed by atoms with E-state index in [1.54, 1.807) is 18.0 Å². The third kappa shape index (κ3) is 3.47. The Morgan fingerprint density at radius 2 is 2.00 bits per heavy atom. The SMILES string of the molecule is COc1ccccc1-c1cnn2c1NC(=O)C[C@H]2C(=O)Nc1cc(C)ccc1C. The molecule has 0 saturated carbocycles. The monoisotopic (exact) mass is 390 g/mol. The number of aromatic nitrogens is 2. The van der Waals surface area contributed by atoms with Gasteiger partial charge in [-0.2, -0.15) is 5.10 Å². The van der Waals surface area contributed by atoms with E-state index in [1.165, 1.54) is 0 Å². The summed E-state index contributed by atoms with van der Waals surface area (Å²) in [6.45, 7) is 3.90. The van der Waals surface area contributed by atoms with Crippen molar-refractivity contribution in [3.63, 3.8) is 0 Å². The number of methoxy groups -OCH3 is 1. The van der Waals surface area contributed by atoms with Crippen LogP contribution in [0.4, 0.5) is 11.5 Å². The number of carbonyl (C=O) groups is 2. The predicted octanol–water partition coefficient (Wildman–Crippen LogP) is 3.70. The summed E-state index contributed by atoms with van der Waals surface area (Å²) in [5.74, 6) is 0.658. The Kier molecular flexibility index (Phi) is 4.80. The summed E-state index contributed by atoms with van der Waals surface area (Å²) >= 11 is 0. The Morgan fingerprint density at radius 3 is 2.79 bits per heavy atom. The molecular formula is C22H22N4O3. The second-order valence-corrected chi connectivity index (χ2v) is 7.13. The topological polar surface area (TPSA) is 85.2 Å². The number of hydrogen-bond acceptors (Lipinski definition) is 4. The Morgan fingerprint density at radius 1 is 1.21 bits per heavy atom. The largest absolute Gasteiger partial charge is 0.496 e. The lowest BCUT2D eigenvalue weighted by Crippen LogP contribution is -2.36. The molecule has 2 amide bonds. The fourth-order valence-electron chi connectivity index (χ4n) is 3.52. The first kappa shape index (κ1) is 18.7. The number of amides is 2. The van der Waals surface area contributed by atoms with Crippen molar-refractivity contribution in [3.8, 4) is 16.9 Å². The molecule has 2 N–H and O–H groups in total. The first-order chi connectivity index (χ1) is 14.0. The van der Waals surface area contributed by atoms with Gasteiger partial charge < -0.3 is 15.4 Å². The van der Waals surface area contributed by atoms with E-state index in [0.717, 1.165) is 22.4 Å². The van der Waals surface area contributed by atoms with E-state index >= 15 is 0 Å². The Labute approximate surface area is 168 Å². The lowest BCUT2D eigenvalue weighted by Gasteiger charge is -2.25. The van der Waals surface area contributed by atoms with Crippen LogP contribution in [0, 0.1) is 13.8 Å². The highest BCUT2D eigenvalue weighted by atomic mass is 16.5. The van der Waals surface area contributed by atoms with E-state index in [1.807, 2.05) is 56.3 Å². The van der Waals surface area contributed by atoms with E-state index in [-0.39, 0.29) is 18.2 Å².